The molecule has 0 unspecified atom stereocenters. The van der Waals surface area contributed by atoms with Gasteiger partial charge in [-0.05, 0) is 28.7 Å². The molecule has 2 aliphatic heterocycles. The molecule has 2 aromatic rings. The molecule has 2 heterocycles. The van der Waals surface area contributed by atoms with Gasteiger partial charge in [0.05, 0.1) is 12.5 Å². The highest BCUT2D eigenvalue weighted by Crippen LogP contribution is 2.44. The maximum absolute atomic E-state index is 12.8. The molecule has 0 aromatic heterocycles. The van der Waals surface area contributed by atoms with E-state index in [0.29, 0.717) is 26.1 Å². The smallest absolute Gasteiger partial charge is 0.407 e. The fourth-order valence-corrected chi connectivity index (χ4v) is 5.08. The first-order chi connectivity index (χ1) is 16.0. The second-order valence-electron chi connectivity index (χ2n) is 8.86. The fraction of sp³-hybridized carbons (Fsp3) is 0.400. The maximum atomic E-state index is 12.8. The van der Waals surface area contributed by atoms with Crippen LogP contribution in [0, 0.1) is 5.92 Å². The Kier molecular flexibility index (Phi) is 5.76. The number of likely N-dealkylation sites (tertiary alicyclic amines) is 1. The van der Waals surface area contributed by atoms with Crippen LogP contribution in [-0.2, 0) is 19.1 Å². The molecular weight excluding hydrogens is 424 g/mol. The molecule has 1 aliphatic carbocycles. The molecule has 8 nitrogen and oxygen atoms in total. The molecule has 172 valence electrons. The van der Waals surface area contributed by atoms with Gasteiger partial charge in [-0.1, -0.05) is 48.5 Å². The molecule has 2 saturated heterocycles. The molecule has 5 rings (SSSR count). The number of fused-ring (bicyclic) bond motifs is 3. The van der Waals surface area contributed by atoms with E-state index < -0.39 is 24.2 Å². The number of carboxylic acids is 1. The minimum Gasteiger partial charge on any atom is -0.481 e. The zero-order valence-corrected chi connectivity index (χ0v) is 18.1. The molecule has 0 bridgehead atoms. The number of carboxylic acid groups (broad SMARTS) is 1. The molecule has 2 atom stereocenters. The topological polar surface area (TPSA) is 105 Å². The summed E-state index contributed by atoms with van der Waals surface area (Å²) in [6.07, 6.45) is -0.766. The number of alkyl carbamates (subject to hydrolysis) is 1. The quantitative estimate of drug-likeness (QED) is 0.701. The summed E-state index contributed by atoms with van der Waals surface area (Å²) in [5.41, 5.74) is 4.59. The van der Waals surface area contributed by atoms with Crippen LogP contribution in [0.15, 0.2) is 48.5 Å². The zero-order valence-electron chi connectivity index (χ0n) is 18.1. The van der Waals surface area contributed by atoms with Crippen LogP contribution in [0.1, 0.15) is 29.9 Å². The molecular formula is C25H26N2O6. The highest BCUT2D eigenvalue weighted by atomic mass is 16.6. The number of amides is 2. The Balaban J connectivity index is 1.17. The predicted molar refractivity (Wildman–Crippen MR) is 119 cm³/mol. The van der Waals surface area contributed by atoms with E-state index in [9.17, 15) is 14.4 Å². The van der Waals surface area contributed by atoms with Crippen molar-refractivity contribution in [3.8, 4) is 11.1 Å². The lowest BCUT2D eigenvalue weighted by atomic mass is 9.95. The van der Waals surface area contributed by atoms with Gasteiger partial charge in [0.15, 0.2) is 6.10 Å². The van der Waals surface area contributed by atoms with Gasteiger partial charge in [-0.15, -0.1) is 0 Å². The Hall–Kier alpha value is -3.39. The van der Waals surface area contributed by atoms with Crippen LogP contribution in [-0.4, -0.2) is 66.4 Å². The van der Waals surface area contributed by atoms with Crippen molar-refractivity contribution in [3.63, 3.8) is 0 Å². The van der Waals surface area contributed by atoms with Crippen molar-refractivity contribution in [2.24, 2.45) is 5.92 Å². The second-order valence-corrected chi connectivity index (χ2v) is 8.86. The van der Waals surface area contributed by atoms with Crippen LogP contribution < -0.4 is 5.32 Å². The Labute approximate surface area is 191 Å². The van der Waals surface area contributed by atoms with E-state index >= 15 is 0 Å². The van der Waals surface area contributed by atoms with E-state index in [1.165, 1.54) is 0 Å². The summed E-state index contributed by atoms with van der Waals surface area (Å²) in [6, 6.07) is 15.8. The number of rotatable bonds is 6. The first kappa shape index (κ1) is 21.5. The van der Waals surface area contributed by atoms with E-state index in [2.05, 4.69) is 29.6 Å². The standard InChI is InChI=1S/C25H26N2O6/c28-22(29)11-15-12-27(13-15)24(30)23-21(9-10-32-23)26-25(31)33-14-20-18-7-3-1-5-16(18)17-6-2-4-8-19(17)20/h1-8,15,20-21,23H,9-14H2,(H,26,31)(H,28,29)/t21-,23+/m1/s1. The molecule has 2 amide bonds. The minimum absolute atomic E-state index is 0.0265. The number of hydrogen-bond acceptors (Lipinski definition) is 5. The molecule has 33 heavy (non-hydrogen) atoms. The predicted octanol–water partition coefficient (Wildman–Crippen LogP) is 2.62. The van der Waals surface area contributed by atoms with Gasteiger partial charge in [-0.25, -0.2) is 4.79 Å². The van der Waals surface area contributed by atoms with Gasteiger partial charge in [-0.2, -0.15) is 0 Å². The summed E-state index contributed by atoms with van der Waals surface area (Å²) in [6.45, 7) is 1.39. The first-order valence-corrected chi connectivity index (χ1v) is 11.2. The average Bonchev–Trinajstić information content (AvgIpc) is 3.36. The maximum Gasteiger partial charge on any atom is 0.407 e. The van der Waals surface area contributed by atoms with E-state index in [1.807, 2.05) is 24.3 Å². The average molecular weight is 450 g/mol. The van der Waals surface area contributed by atoms with Gasteiger partial charge in [0.2, 0.25) is 0 Å². The lowest BCUT2D eigenvalue weighted by molar-refractivity contribution is -0.151. The highest BCUT2D eigenvalue weighted by Gasteiger charge is 2.42. The first-order valence-electron chi connectivity index (χ1n) is 11.2. The highest BCUT2D eigenvalue weighted by molar-refractivity contribution is 5.84. The molecule has 2 N–H and O–H groups in total. The third-order valence-electron chi connectivity index (χ3n) is 6.71. The zero-order chi connectivity index (χ0) is 22.9. The molecule has 3 aliphatic rings. The Morgan fingerprint density at radius 3 is 2.30 bits per heavy atom. The monoisotopic (exact) mass is 450 g/mol. The van der Waals surface area contributed by atoms with Crippen LogP contribution in [0.2, 0.25) is 0 Å². The minimum atomic E-state index is -0.862. The summed E-state index contributed by atoms with van der Waals surface area (Å²) in [5, 5.41) is 11.7. The number of nitrogens with one attached hydrogen (secondary N) is 1. The number of benzene rings is 2. The molecule has 0 radical (unpaired) electrons. The van der Waals surface area contributed by atoms with Gasteiger partial charge in [0.1, 0.15) is 6.61 Å². The van der Waals surface area contributed by atoms with Crippen LogP contribution >= 0.6 is 0 Å². The summed E-state index contributed by atoms with van der Waals surface area (Å²) < 4.78 is 11.2. The number of ether oxygens (including phenoxy) is 2. The fourth-order valence-electron chi connectivity index (χ4n) is 5.08. The van der Waals surface area contributed by atoms with E-state index in [0.717, 1.165) is 22.3 Å². The van der Waals surface area contributed by atoms with Crippen LogP contribution in [0.25, 0.3) is 11.1 Å². The van der Waals surface area contributed by atoms with Gasteiger partial charge >= 0.3 is 12.1 Å². The largest absolute Gasteiger partial charge is 0.481 e. The molecule has 8 heteroatoms. The normalized spacial score (nSPS) is 21.8. The van der Waals surface area contributed by atoms with Crippen molar-refractivity contribution in [1.29, 1.82) is 0 Å². The van der Waals surface area contributed by atoms with Crippen molar-refractivity contribution in [1.82, 2.24) is 10.2 Å². The van der Waals surface area contributed by atoms with Crippen LogP contribution in [0.3, 0.4) is 0 Å². The molecule has 0 saturated carbocycles. The second kappa shape index (κ2) is 8.86. The van der Waals surface area contributed by atoms with Gasteiger partial charge in [-0.3, -0.25) is 9.59 Å². The number of carbonyl (C=O) groups is 3. The third-order valence-corrected chi connectivity index (χ3v) is 6.71. The van der Waals surface area contributed by atoms with Crippen molar-refractivity contribution in [2.45, 2.75) is 30.9 Å². The lowest BCUT2D eigenvalue weighted by Crippen LogP contribution is -2.57. The third kappa shape index (κ3) is 4.18. The van der Waals surface area contributed by atoms with E-state index in [4.69, 9.17) is 14.6 Å². The van der Waals surface area contributed by atoms with Gasteiger partial charge < -0.3 is 24.8 Å². The van der Waals surface area contributed by atoms with Gasteiger partial charge in [0, 0.05) is 31.5 Å². The number of aliphatic carboxylic acids is 1. The van der Waals surface area contributed by atoms with Crippen molar-refractivity contribution < 1.29 is 29.0 Å². The number of nitrogens with zero attached hydrogens (tertiary/aromatic N) is 1. The molecule has 2 aromatic carbocycles. The lowest BCUT2D eigenvalue weighted by Gasteiger charge is -2.40. The van der Waals surface area contributed by atoms with E-state index in [1.54, 1.807) is 4.90 Å². The summed E-state index contributed by atoms with van der Waals surface area (Å²) in [7, 11) is 0. The number of carbonyl (C=O) groups excluding carboxylic acids is 2. The van der Waals surface area contributed by atoms with Crippen LogP contribution in [0.5, 0.6) is 0 Å². The Morgan fingerprint density at radius 2 is 1.67 bits per heavy atom. The van der Waals surface area contributed by atoms with Crippen LogP contribution in [0.4, 0.5) is 4.79 Å². The van der Waals surface area contributed by atoms with Gasteiger partial charge in [0.25, 0.3) is 5.91 Å². The Bertz CT molecular complexity index is 1030. The number of hydrogen-bond donors (Lipinski definition) is 2. The van der Waals surface area contributed by atoms with Crippen molar-refractivity contribution in [2.75, 3.05) is 26.3 Å². The summed E-state index contributed by atoms with van der Waals surface area (Å²) in [5.74, 6) is -1.13. The molecule has 2 fully saturated rings. The van der Waals surface area contributed by atoms with E-state index in [-0.39, 0.29) is 30.8 Å². The molecule has 0 spiro atoms. The SMILES string of the molecule is O=C(O)CC1CN(C(=O)[C@H]2OCC[C@H]2NC(=O)OCC2c3ccccc3-c3ccccc32)C1. The summed E-state index contributed by atoms with van der Waals surface area (Å²) in [4.78, 5) is 37.8. The Morgan fingerprint density at radius 1 is 1.03 bits per heavy atom. The summed E-state index contributed by atoms with van der Waals surface area (Å²) >= 11 is 0. The van der Waals surface area contributed by atoms with Crippen molar-refractivity contribution in [3.05, 3.63) is 59.7 Å². The van der Waals surface area contributed by atoms with Crippen molar-refractivity contribution >= 4 is 18.0 Å².